The van der Waals surface area contributed by atoms with Crippen molar-refractivity contribution in [3.05, 3.63) is 70.8 Å². The lowest BCUT2D eigenvalue weighted by Crippen LogP contribution is -2.28. The second kappa shape index (κ2) is 6.33. The molecule has 2 aromatic carbocycles. The van der Waals surface area contributed by atoms with E-state index in [2.05, 4.69) is 10.3 Å². The van der Waals surface area contributed by atoms with E-state index in [4.69, 9.17) is 0 Å². The van der Waals surface area contributed by atoms with E-state index in [1.807, 2.05) is 0 Å². The summed E-state index contributed by atoms with van der Waals surface area (Å²) >= 11 is 0. The maximum atomic E-state index is 12.3. The minimum absolute atomic E-state index is 0.0166. The molecule has 3 rings (SSSR count). The molecule has 0 aliphatic carbocycles. The van der Waals surface area contributed by atoms with Crippen molar-refractivity contribution in [3.8, 4) is 0 Å². The number of para-hydroxylation sites is 1. The van der Waals surface area contributed by atoms with Crippen molar-refractivity contribution in [1.82, 2.24) is 9.55 Å². The van der Waals surface area contributed by atoms with Gasteiger partial charge in [0.1, 0.15) is 6.54 Å². The van der Waals surface area contributed by atoms with Crippen LogP contribution in [0.4, 0.5) is 5.69 Å². The smallest absolute Gasteiger partial charge is 0.261 e. The summed E-state index contributed by atoms with van der Waals surface area (Å²) in [6.45, 7) is -0.196. The van der Waals surface area contributed by atoms with Gasteiger partial charge in [0, 0.05) is 5.69 Å². The predicted molar refractivity (Wildman–Crippen MR) is 85.4 cm³/mol. The molecular weight excluding hydrogens is 310 g/mol. The van der Waals surface area contributed by atoms with Crippen LogP contribution in [0.5, 0.6) is 0 Å². The second-order valence-electron chi connectivity index (χ2n) is 5.11. The molecule has 1 heterocycles. The van der Waals surface area contributed by atoms with Gasteiger partial charge in [-0.25, -0.2) is 4.98 Å². The average molecular weight is 322 g/mol. The monoisotopic (exact) mass is 322 g/mol. The van der Waals surface area contributed by atoms with Crippen LogP contribution in [-0.4, -0.2) is 21.4 Å². The number of benzene rings is 2. The van der Waals surface area contributed by atoms with Crippen LogP contribution in [-0.2, 0) is 11.3 Å². The van der Waals surface area contributed by atoms with Crippen molar-refractivity contribution < 1.29 is 14.7 Å². The van der Waals surface area contributed by atoms with Crippen molar-refractivity contribution in [1.29, 1.82) is 0 Å². The Balaban J connectivity index is 1.76. The molecule has 0 unspecified atom stereocenters. The standard InChI is InChI=1S/C17H13N3O4/c21-15(19-12-7-5-11(6-8-12)17(23)24)9-20-10-18-14-4-2-1-3-13(14)16(20)22/h1-8,10H,9H2,(H,19,21)(H,23,24)/p-1. The SMILES string of the molecule is O=C(Cn1cnc2ccccc2c1=O)Nc1ccc(C(=O)[O-])cc1. The van der Waals surface area contributed by atoms with Crippen LogP contribution in [0.2, 0.25) is 0 Å². The molecule has 120 valence electrons. The fourth-order valence-corrected chi connectivity index (χ4v) is 2.26. The molecule has 0 saturated carbocycles. The largest absolute Gasteiger partial charge is 0.545 e. The van der Waals surface area contributed by atoms with Crippen LogP contribution < -0.4 is 16.0 Å². The summed E-state index contributed by atoms with van der Waals surface area (Å²) in [6.07, 6.45) is 1.32. The lowest BCUT2D eigenvalue weighted by molar-refractivity contribution is -0.255. The fourth-order valence-electron chi connectivity index (χ4n) is 2.26. The number of aromatic carboxylic acids is 1. The van der Waals surface area contributed by atoms with E-state index >= 15 is 0 Å². The molecule has 1 aromatic heterocycles. The number of amides is 1. The predicted octanol–water partition coefficient (Wildman–Crippen LogP) is 0.399. The Morgan fingerprint density at radius 3 is 2.50 bits per heavy atom. The van der Waals surface area contributed by atoms with Crippen molar-refractivity contribution in [3.63, 3.8) is 0 Å². The number of nitrogens with one attached hydrogen (secondary N) is 1. The van der Waals surface area contributed by atoms with Gasteiger partial charge < -0.3 is 15.2 Å². The topological polar surface area (TPSA) is 104 Å². The van der Waals surface area contributed by atoms with Gasteiger partial charge in [0.25, 0.3) is 5.56 Å². The van der Waals surface area contributed by atoms with Crippen molar-refractivity contribution in [2.45, 2.75) is 6.54 Å². The zero-order valence-electron chi connectivity index (χ0n) is 12.4. The number of hydrogen-bond donors (Lipinski definition) is 1. The van der Waals surface area contributed by atoms with Crippen LogP contribution in [0, 0.1) is 0 Å². The summed E-state index contributed by atoms with van der Waals surface area (Å²) < 4.78 is 1.22. The van der Waals surface area contributed by atoms with E-state index in [1.165, 1.54) is 35.2 Å². The minimum Gasteiger partial charge on any atom is -0.545 e. The Morgan fingerprint density at radius 1 is 1.08 bits per heavy atom. The molecule has 1 N–H and O–H groups in total. The molecule has 7 heteroatoms. The minimum atomic E-state index is -1.29. The van der Waals surface area contributed by atoms with Gasteiger partial charge in [-0.1, -0.05) is 24.3 Å². The number of hydrogen-bond acceptors (Lipinski definition) is 5. The second-order valence-corrected chi connectivity index (χ2v) is 5.11. The number of anilines is 1. The highest BCUT2D eigenvalue weighted by atomic mass is 16.4. The van der Waals surface area contributed by atoms with E-state index in [0.29, 0.717) is 16.6 Å². The van der Waals surface area contributed by atoms with E-state index in [-0.39, 0.29) is 17.7 Å². The van der Waals surface area contributed by atoms with Gasteiger partial charge in [0.2, 0.25) is 5.91 Å². The Hall–Kier alpha value is -3.48. The maximum absolute atomic E-state index is 12.3. The van der Waals surface area contributed by atoms with Crippen LogP contribution in [0.1, 0.15) is 10.4 Å². The summed E-state index contributed by atoms with van der Waals surface area (Å²) in [5.74, 6) is -1.71. The Bertz CT molecular complexity index is 977. The summed E-state index contributed by atoms with van der Waals surface area (Å²) in [7, 11) is 0. The van der Waals surface area contributed by atoms with Crippen LogP contribution in [0.3, 0.4) is 0 Å². The van der Waals surface area contributed by atoms with Crippen LogP contribution in [0.25, 0.3) is 10.9 Å². The van der Waals surface area contributed by atoms with Gasteiger partial charge in [-0.3, -0.25) is 14.2 Å². The molecule has 0 aliphatic rings. The molecular formula is C17H12N3O4-. The molecule has 0 aliphatic heterocycles. The zero-order chi connectivity index (χ0) is 17.1. The molecule has 0 radical (unpaired) electrons. The zero-order valence-corrected chi connectivity index (χ0v) is 12.4. The van der Waals surface area contributed by atoms with E-state index in [1.54, 1.807) is 24.3 Å². The first-order valence-electron chi connectivity index (χ1n) is 7.10. The third-order valence-electron chi connectivity index (χ3n) is 3.45. The molecule has 0 atom stereocenters. The number of carbonyl (C=O) groups excluding carboxylic acids is 2. The summed E-state index contributed by atoms with van der Waals surface area (Å²) in [6, 6.07) is 12.4. The van der Waals surface area contributed by atoms with Gasteiger partial charge in [0.05, 0.1) is 23.2 Å². The maximum Gasteiger partial charge on any atom is 0.261 e. The van der Waals surface area contributed by atoms with Gasteiger partial charge in [0.15, 0.2) is 0 Å². The Kier molecular flexibility index (Phi) is 4.07. The number of carbonyl (C=O) groups is 2. The summed E-state index contributed by atoms with van der Waals surface area (Å²) in [4.78, 5) is 39.2. The first kappa shape index (κ1) is 15.4. The number of nitrogens with zero attached hydrogens (tertiary/aromatic N) is 2. The third-order valence-corrected chi connectivity index (χ3v) is 3.45. The van der Waals surface area contributed by atoms with Crippen molar-refractivity contribution in [2.75, 3.05) is 5.32 Å². The van der Waals surface area contributed by atoms with Crippen LogP contribution >= 0.6 is 0 Å². The first-order chi connectivity index (χ1) is 11.5. The molecule has 7 nitrogen and oxygen atoms in total. The Labute approximate surface area is 136 Å². The highest BCUT2D eigenvalue weighted by Gasteiger charge is 2.08. The van der Waals surface area contributed by atoms with E-state index in [0.717, 1.165) is 0 Å². The lowest BCUT2D eigenvalue weighted by Gasteiger charge is -2.09. The van der Waals surface area contributed by atoms with Crippen LogP contribution in [0.15, 0.2) is 59.7 Å². The highest BCUT2D eigenvalue weighted by molar-refractivity contribution is 5.92. The van der Waals surface area contributed by atoms with E-state index < -0.39 is 11.9 Å². The normalized spacial score (nSPS) is 10.5. The fraction of sp³-hybridized carbons (Fsp3) is 0.0588. The highest BCUT2D eigenvalue weighted by Crippen LogP contribution is 2.09. The number of aromatic nitrogens is 2. The van der Waals surface area contributed by atoms with Gasteiger partial charge in [-0.05, 0) is 29.8 Å². The van der Waals surface area contributed by atoms with Gasteiger partial charge in [-0.2, -0.15) is 0 Å². The number of carboxylic acid groups (broad SMARTS) is 1. The molecule has 0 bridgehead atoms. The first-order valence-corrected chi connectivity index (χ1v) is 7.10. The molecule has 24 heavy (non-hydrogen) atoms. The summed E-state index contributed by atoms with van der Waals surface area (Å²) in [5.41, 5.74) is 0.704. The molecule has 0 fully saturated rings. The summed E-state index contributed by atoms with van der Waals surface area (Å²) in [5, 5.41) is 13.7. The van der Waals surface area contributed by atoms with Gasteiger partial charge >= 0.3 is 0 Å². The lowest BCUT2D eigenvalue weighted by atomic mass is 10.2. The number of carboxylic acids is 1. The average Bonchev–Trinajstić information content (AvgIpc) is 2.58. The quantitative estimate of drug-likeness (QED) is 0.748. The molecule has 3 aromatic rings. The Morgan fingerprint density at radius 2 is 1.79 bits per heavy atom. The number of fused-ring (bicyclic) bond motifs is 1. The van der Waals surface area contributed by atoms with Crippen molar-refractivity contribution in [2.24, 2.45) is 0 Å². The van der Waals surface area contributed by atoms with Gasteiger partial charge in [-0.15, -0.1) is 0 Å². The van der Waals surface area contributed by atoms with Crippen molar-refractivity contribution >= 4 is 28.5 Å². The van der Waals surface area contributed by atoms with E-state index in [9.17, 15) is 19.5 Å². The molecule has 1 amide bonds. The number of rotatable bonds is 4. The third kappa shape index (κ3) is 3.14. The molecule has 0 saturated heterocycles. The molecule has 0 spiro atoms.